The Morgan fingerprint density at radius 3 is 2.47 bits per heavy atom. The molecule has 1 aliphatic rings. The molecule has 1 fully saturated rings. The average molecular weight is 469 g/mol. The van der Waals surface area contributed by atoms with Gasteiger partial charge in [0.1, 0.15) is 18.5 Å². The fraction of sp³-hybridized carbons (Fsp3) is 0.360. The largest absolute Gasteiger partial charge is 0.361 e. The Morgan fingerprint density at radius 1 is 0.941 bits per heavy atom. The van der Waals surface area contributed by atoms with Gasteiger partial charge in [-0.25, -0.2) is 13.2 Å². The van der Waals surface area contributed by atoms with E-state index in [1.165, 1.54) is 6.07 Å². The normalized spacial score (nSPS) is 15.9. The van der Waals surface area contributed by atoms with Crippen LogP contribution in [-0.4, -0.2) is 74.7 Å². The first-order valence-electron chi connectivity index (χ1n) is 11.5. The van der Waals surface area contributed by atoms with E-state index in [9.17, 15) is 4.39 Å². The molecule has 5 rings (SSSR count). The van der Waals surface area contributed by atoms with E-state index in [0.29, 0.717) is 18.7 Å². The molecule has 0 aliphatic carbocycles. The molecule has 0 spiro atoms. The maximum atomic E-state index is 15.0. The minimum atomic E-state index is -2.84. The quantitative estimate of drug-likeness (QED) is 0.426. The Bertz CT molecular complexity index is 1230. The van der Waals surface area contributed by atoms with Gasteiger partial charge in [0, 0.05) is 61.9 Å². The first-order chi connectivity index (χ1) is 16.4. The second kappa shape index (κ2) is 9.60. The molecular formula is C25H27F3N6. The first-order valence-corrected chi connectivity index (χ1v) is 11.5. The summed E-state index contributed by atoms with van der Waals surface area (Å²) in [6.45, 7) is 3.22. The summed E-state index contributed by atoms with van der Waals surface area (Å²) >= 11 is 0. The summed E-state index contributed by atoms with van der Waals surface area (Å²) in [5.74, 6) is -3.07. The topological polar surface area (TPSA) is 53.0 Å². The van der Waals surface area contributed by atoms with Crippen molar-refractivity contribution in [3.05, 3.63) is 78.3 Å². The summed E-state index contributed by atoms with van der Waals surface area (Å²) in [4.78, 5) is 7.21. The number of H-pyrrole nitrogens is 1. The number of hydrogen-bond donors (Lipinski definition) is 1. The van der Waals surface area contributed by atoms with Crippen molar-refractivity contribution in [3.8, 4) is 5.69 Å². The zero-order valence-corrected chi connectivity index (χ0v) is 18.8. The van der Waals surface area contributed by atoms with Gasteiger partial charge in [0.15, 0.2) is 0 Å². The van der Waals surface area contributed by atoms with E-state index in [4.69, 9.17) is 0 Å². The van der Waals surface area contributed by atoms with E-state index in [-0.39, 0.29) is 18.8 Å². The molecule has 0 atom stereocenters. The van der Waals surface area contributed by atoms with Gasteiger partial charge in [-0.3, -0.25) is 9.47 Å². The lowest BCUT2D eigenvalue weighted by Crippen LogP contribution is -2.50. The van der Waals surface area contributed by atoms with Crippen LogP contribution in [0.25, 0.3) is 16.6 Å². The highest BCUT2D eigenvalue weighted by atomic mass is 19.3. The highest BCUT2D eigenvalue weighted by molar-refractivity contribution is 5.85. The lowest BCUT2D eigenvalue weighted by molar-refractivity contribution is -0.0408. The number of piperazine rings is 1. The highest BCUT2D eigenvalue weighted by Gasteiger charge is 2.34. The van der Waals surface area contributed by atoms with Crippen LogP contribution in [0.4, 0.5) is 13.2 Å². The van der Waals surface area contributed by atoms with E-state index in [0.717, 1.165) is 48.2 Å². The molecule has 2 aromatic heterocycles. The molecule has 4 aromatic rings. The Hall–Kier alpha value is -3.17. The Balaban J connectivity index is 1.16. The maximum Gasteiger partial charge on any atom is 0.264 e. The minimum absolute atomic E-state index is 0.227. The third-order valence-electron chi connectivity index (χ3n) is 6.44. The number of aromatic nitrogens is 4. The molecule has 1 saturated heterocycles. The number of aromatic amines is 1. The summed E-state index contributed by atoms with van der Waals surface area (Å²) in [5.41, 5.74) is 3.22. The zero-order chi connectivity index (χ0) is 23.5. The summed E-state index contributed by atoms with van der Waals surface area (Å²) in [5, 5.41) is 8.41. The molecule has 9 heteroatoms. The van der Waals surface area contributed by atoms with Crippen LogP contribution in [0.3, 0.4) is 0 Å². The van der Waals surface area contributed by atoms with Crippen LogP contribution in [0, 0.1) is 5.82 Å². The van der Waals surface area contributed by atoms with Crippen molar-refractivity contribution in [2.24, 2.45) is 0 Å². The number of fused-ring (bicyclic) bond motifs is 1. The van der Waals surface area contributed by atoms with Crippen molar-refractivity contribution >= 4 is 10.9 Å². The Labute approximate surface area is 196 Å². The first kappa shape index (κ1) is 22.6. The van der Waals surface area contributed by atoms with E-state index >= 15 is 8.78 Å². The summed E-state index contributed by atoms with van der Waals surface area (Å²) in [6.07, 6.45) is 5.28. The number of alkyl halides is 2. The standard InChI is InChI=1S/C25H27F3N6/c26-21-3-1-2-19(12-21)6-7-32-8-10-33(11-9-32)16-25(27,28)14-20-15-29-24-5-4-22(13-23(20)24)34-17-30-31-18-34/h1-5,12-13,15,17-18,29H,6-11,14,16H2. The van der Waals surface area contributed by atoms with E-state index < -0.39 is 5.92 Å². The van der Waals surface area contributed by atoms with Crippen molar-refractivity contribution < 1.29 is 13.2 Å². The summed E-state index contributed by atoms with van der Waals surface area (Å²) in [7, 11) is 0. The molecule has 3 heterocycles. The number of nitrogens with one attached hydrogen (secondary N) is 1. The van der Waals surface area contributed by atoms with Gasteiger partial charge < -0.3 is 9.88 Å². The Morgan fingerprint density at radius 2 is 1.71 bits per heavy atom. The predicted octanol–water partition coefficient (Wildman–Crippen LogP) is 3.93. The lowest BCUT2D eigenvalue weighted by Gasteiger charge is -2.36. The number of nitrogens with zero attached hydrogens (tertiary/aromatic N) is 5. The number of hydrogen-bond acceptors (Lipinski definition) is 4. The molecule has 34 heavy (non-hydrogen) atoms. The van der Waals surface area contributed by atoms with Crippen LogP contribution in [0.2, 0.25) is 0 Å². The van der Waals surface area contributed by atoms with Gasteiger partial charge in [-0.15, -0.1) is 10.2 Å². The fourth-order valence-corrected chi connectivity index (χ4v) is 4.62. The molecule has 0 amide bonds. The minimum Gasteiger partial charge on any atom is -0.361 e. The van der Waals surface area contributed by atoms with Gasteiger partial charge >= 0.3 is 0 Å². The lowest BCUT2D eigenvalue weighted by atomic mass is 10.0. The van der Waals surface area contributed by atoms with Crippen LogP contribution in [0.15, 0.2) is 61.3 Å². The van der Waals surface area contributed by atoms with Crippen molar-refractivity contribution in [3.63, 3.8) is 0 Å². The predicted molar refractivity (Wildman–Crippen MR) is 125 cm³/mol. The van der Waals surface area contributed by atoms with Crippen LogP contribution < -0.4 is 0 Å². The van der Waals surface area contributed by atoms with Gasteiger partial charge in [-0.05, 0) is 47.9 Å². The number of rotatable bonds is 8. The highest BCUT2D eigenvalue weighted by Crippen LogP contribution is 2.28. The monoisotopic (exact) mass is 468 g/mol. The van der Waals surface area contributed by atoms with Gasteiger partial charge in [0.25, 0.3) is 5.92 Å². The second-order valence-corrected chi connectivity index (χ2v) is 8.94. The van der Waals surface area contributed by atoms with E-state index in [1.807, 2.05) is 29.2 Å². The van der Waals surface area contributed by atoms with Crippen molar-refractivity contribution in [2.45, 2.75) is 18.8 Å². The van der Waals surface area contributed by atoms with E-state index in [2.05, 4.69) is 20.1 Å². The molecule has 0 radical (unpaired) electrons. The Kier molecular flexibility index (Phi) is 6.38. The van der Waals surface area contributed by atoms with Crippen LogP contribution in [0.1, 0.15) is 11.1 Å². The fourth-order valence-electron chi connectivity index (χ4n) is 4.62. The van der Waals surface area contributed by atoms with Crippen LogP contribution in [-0.2, 0) is 12.8 Å². The molecule has 0 unspecified atom stereocenters. The smallest absolute Gasteiger partial charge is 0.264 e. The van der Waals surface area contributed by atoms with Crippen LogP contribution >= 0.6 is 0 Å². The third kappa shape index (κ3) is 5.31. The molecular weight excluding hydrogens is 441 g/mol. The summed E-state index contributed by atoms with van der Waals surface area (Å²) < 4.78 is 45.2. The zero-order valence-electron chi connectivity index (χ0n) is 18.8. The summed E-state index contributed by atoms with van der Waals surface area (Å²) in [6, 6.07) is 12.3. The van der Waals surface area contributed by atoms with Gasteiger partial charge in [-0.1, -0.05) is 12.1 Å². The molecule has 1 aliphatic heterocycles. The molecule has 1 N–H and O–H groups in total. The van der Waals surface area contributed by atoms with Gasteiger partial charge in [-0.2, -0.15) is 0 Å². The molecule has 0 bridgehead atoms. The number of benzene rings is 2. The SMILES string of the molecule is Fc1cccc(CCN2CCN(CC(F)(F)Cc3c[nH]c4ccc(-n5cnnc5)cc34)CC2)c1. The van der Waals surface area contributed by atoms with Gasteiger partial charge in [0.2, 0.25) is 0 Å². The van der Waals surface area contributed by atoms with Crippen LogP contribution in [0.5, 0.6) is 0 Å². The van der Waals surface area contributed by atoms with Crippen molar-refractivity contribution in [2.75, 3.05) is 39.3 Å². The third-order valence-corrected chi connectivity index (χ3v) is 6.44. The molecule has 178 valence electrons. The average Bonchev–Trinajstić information content (AvgIpc) is 3.49. The molecule has 0 saturated carbocycles. The van der Waals surface area contributed by atoms with Crippen molar-refractivity contribution in [1.82, 2.24) is 29.5 Å². The molecule has 2 aromatic carbocycles. The molecule has 6 nitrogen and oxygen atoms in total. The number of halogens is 3. The van der Waals surface area contributed by atoms with Gasteiger partial charge in [0.05, 0.1) is 6.54 Å². The van der Waals surface area contributed by atoms with Crippen molar-refractivity contribution in [1.29, 1.82) is 0 Å². The second-order valence-electron chi connectivity index (χ2n) is 8.94. The van der Waals surface area contributed by atoms with E-state index in [1.54, 1.807) is 35.6 Å². The maximum absolute atomic E-state index is 15.0.